The number of carbonyl (C=O) groups excluding carboxylic acids is 2. The van der Waals surface area contributed by atoms with Gasteiger partial charge in [0.05, 0.1) is 31.4 Å². The van der Waals surface area contributed by atoms with Crippen molar-refractivity contribution in [1.82, 2.24) is 9.97 Å². The molecule has 0 saturated carbocycles. The Morgan fingerprint density at radius 2 is 1.81 bits per heavy atom. The number of esters is 1. The van der Waals surface area contributed by atoms with Gasteiger partial charge in [0, 0.05) is 31.1 Å². The zero-order chi connectivity index (χ0) is 19.6. The first-order chi connectivity index (χ1) is 13.0. The van der Waals surface area contributed by atoms with E-state index in [0.29, 0.717) is 28.2 Å². The van der Waals surface area contributed by atoms with Crippen molar-refractivity contribution >= 4 is 35.1 Å². The molecule has 1 aromatic heterocycles. The Bertz CT molecular complexity index is 788. The molecule has 0 radical (unpaired) electrons. The number of aromatic nitrogens is 2. The van der Waals surface area contributed by atoms with Gasteiger partial charge in [-0.15, -0.1) is 0 Å². The molecule has 2 rings (SSSR count). The molecule has 0 atom stereocenters. The minimum atomic E-state index is -0.533. The number of hydrogen-bond donors (Lipinski definition) is 2. The van der Waals surface area contributed by atoms with Gasteiger partial charge < -0.3 is 24.8 Å². The van der Waals surface area contributed by atoms with Crippen LogP contribution >= 0.6 is 11.6 Å². The van der Waals surface area contributed by atoms with Crippen LogP contribution in [-0.4, -0.2) is 49.2 Å². The van der Waals surface area contributed by atoms with Gasteiger partial charge in [-0.3, -0.25) is 9.59 Å². The summed E-state index contributed by atoms with van der Waals surface area (Å²) in [5.41, 5.74) is 0.350. The lowest BCUT2D eigenvalue weighted by atomic mass is 10.2. The molecule has 1 heterocycles. The third-order valence-corrected chi connectivity index (χ3v) is 3.59. The van der Waals surface area contributed by atoms with Gasteiger partial charge in [0.15, 0.2) is 6.61 Å². The summed E-state index contributed by atoms with van der Waals surface area (Å²) in [4.78, 5) is 31.7. The van der Waals surface area contributed by atoms with Gasteiger partial charge in [-0.05, 0) is 6.07 Å². The third kappa shape index (κ3) is 6.30. The maximum absolute atomic E-state index is 12.0. The van der Waals surface area contributed by atoms with E-state index in [4.69, 9.17) is 25.8 Å². The van der Waals surface area contributed by atoms with Crippen molar-refractivity contribution in [2.24, 2.45) is 0 Å². The van der Waals surface area contributed by atoms with Crippen molar-refractivity contribution in [3.05, 3.63) is 35.6 Å². The lowest BCUT2D eigenvalue weighted by molar-refractivity contribution is -0.147. The first-order valence-corrected chi connectivity index (χ1v) is 8.29. The zero-order valence-electron chi connectivity index (χ0n) is 14.8. The van der Waals surface area contributed by atoms with Gasteiger partial charge in [0.1, 0.15) is 11.5 Å². The van der Waals surface area contributed by atoms with E-state index in [0.717, 1.165) is 0 Å². The average Bonchev–Trinajstić information content (AvgIpc) is 2.68. The number of benzene rings is 1. The number of nitrogens with zero attached hydrogens (tertiary/aromatic N) is 2. The predicted octanol–water partition coefficient (Wildman–Crippen LogP) is 2.13. The predicted molar refractivity (Wildman–Crippen MR) is 99.3 cm³/mol. The number of amides is 1. The Balaban J connectivity index is 1.79. The molecule has 9 nitrogen and oxygen atoms in total. The van der Waals surface area contributed by atoms with E-state index in [9.17, 15) is 9.59 Å². The van der Waals surface area contributed by atoms with Crippen molar-refractivity contribution in [3.63, 3.8) is 0 Å². The highest BCUT2D eigenvalue weighted by Gasteiger charge is 2.14. The molecular formula is C17H19ClN4O5. The van der Waals surface area contributed by atoms with Crippen LogP contribution in [0.15, 0.2) is 30.6 Å². The van der Waals surface area contributed by atoms with Crippen molar-refractivity contribution in [1.29, 1.82) is 0 Å². The Kier molecular flexibility index (Phi) is 7.63. The lowest BCUT2D eigenvalue weighted by Crippen LogP contribution is -2.22. The summed E-state index contributed by atoms with van der Waals surface area (Å²) in [5, 5.41) is 5.80. The molecule has 0 unspecified atom stereocenters. The van der Waals surface area contributed by atoms with Crippen molar-refractivity contribution in [2.75, 3.05) is 38.0 Å². The summed E-state index contributed by atoms with van der Waals surface area (Å²) in [7, 11) is 2.90. The summed E-state index contributed by atoms with van der Waals surface area (Å²) in [6.07, 6.45) is 3.22. The molecule has 0 aliphatic heterocycles. The number of rotatable bonds is 9. The molecule has 27 heavy (non-hydrogen) atoms. The van der Waals surface area contributed by atoms with Crippen LogP contribution in [0.5, 0.6) is 11.5 Å². The fourth-order valence-corrected chi connectivity index (χ4v) is 2.26. The van der Waals surface area contributed by atoms with Crippen LogP contribution in [0.2, 0.25) is 5.02 Å². The van der Waals surface area contributed by atoms with E-state index in [1.165, 1.54) is 26.4 Å². The van der Waals surface area contributed by atoms with Crippen LogP contribution in [0.4, 0.5) is 11.6 Å². The molecule has 144 valence electrons. The van der Waals surface area contributed by atoms with E-state index in [1.807, 2.05) is 0 Å². The van der Waals surface area contributed by atoms with Crippen LogP contribution in [0.3, 0.4) is 0 Å². The molecule has 1 amide bonds. The minimum Gasteiger partial charge on any atom is -0.495 e. The summed E-state index contributed by atoms with van der Waals surface area (Å²) in [6, 6.07) is 4.72. The van der Waals surface area contributed by atoms with Gasteiger partial charge in [0.25, 0.3) is 5.91 Å². The molecule has 1 aromatic carbocycles. The van der Waals surface area contributed by atoms with E-state index >= 15 is 0 Å². The van der Waals surface area contributed by atoms with E-state index in [1.54, 1.807) is 18.5 Å². The molecular weight excluding hydrogens is 376 g/mol. The van der Waals surface area contributed by atoms with E-state index in [-0.39, 0.29) is 13.0 Å². The third-order valence-electron chi connectivity index (χ3n) is 3.29. The average molecular weight is 395 g/mol. The number of carbonyl (C=O) groups is 2. The van der Waals surface area contributed by atoms with E-state index in [2.05, 4.69) is 20.6 Å². The smallest absolute Gasteiger partial charge is 0.308 e. The number of methoxy groups -OCH3 is 2. The summed E-state index contributed by atoms with van der Waals surface area (Å²) < 4.78 is 15.2. The molecule has 0 fully saturated rings. The highest BCUT2D eigenvalue weighted by molar-refractivity contribution is 6.32. The number of nitrogens with one attached hydrogen (secondary N) is 2. The Hall–Kier alpha value is -3.07. The summed E-state index contributed by atoms with van der Waals surface area (Å²) in [6.45, 7) is -0.151. The number of halogens is 1. The number of anilines is 2. The van der Waals surface area contributed by atoms with E-state index < -0.39 is 18.5 Å². The standard InChI is InChI=1S/C17H19ClN4O5/c1-25-13-9-12(14(26-2)8-11(13)18)22-15(23)10-27-16(24)4-7-21-17-19-5-3-6-20-17/h3,5-6,8-9H,4,7,10H2,1-2H3,(H,22,23)(H,19,20,21). The molecule has 2 aromatic rings. The summed E-state index contributed by atoms with van der Waals surface area (Å²) >= 11 is 6.01. The first-order valence-electron chi connectivity index (χ1n) is 7.91. The molecule has 0 aliphatic rings. The SMILES string of the molecule is COc1cc(NC(=O)COC(=O)CCNc2ncccn2)c(OC)cc1Cl. The summed E-state index contributed by atoms with van der Waals surface area (Å²) in [5.74, 6) is 0.0814. The van der Waals surface area contributed by atoms with Gasteiger partial charge >= 0.3 is 5.97 Å². The van der Waals surface area contributed by atoms with Crippen molar-refractivity contribution in [2.45, 2.75) is 6.42 Å². The van der Waals surface area contributed by atoms with Gasteiger partial charge in [-0.1, -0.05) is 11.6 Å². The number of ether oxygens (including phenoxy) is 3. The highest BCUT2D eigenvalue weighted by atomic mass is 35.5. The normalized spacial score (nSPS) is 10.0. The molecule has 0 spiro atoms. The quantitative estimate of drug-likeness (QED) is 0.622. The van der Waals surface area contributed by atoms with Crippen LogP contribution < -0.4 is 20.1 Å². The second kappa shape index (κ2) is 10.2. The van der Waals surface area contributed by atoms with Crippen LogP contribution in [-0.2, 0) is 14.3 Å². The Labute approximate surface area is 161 Å². The molecule has 10 heteroatoms. The topological polar surface area (TPSA) is 112 Å². The zero-order valence-corrected chi connectivity index (χ0v) is 15.6. The molecule has 0 aliphatic carbocycles. The Morgan fingerprint density at radius 1 is 1.11 bits per heavy atom. The Morgan fingerprint density at radius 3 is 2.48 bits per heavy atom. The van der Waals surface area contributed by atoms with Gasteiger partial charge in [0.2, 0.25) is 5.95 Å². The van der Waals surface area contributed by atoms with Gasteiger partial charge in [-0.25, -0.2) is 9.97 Å². The maximum atomic E-state index is 12.0. The largest absolute Gasteiger partial charge is 0.495 e. The highest BCUT2D eigenvalue weighted by Crippen LogP contribution is 2.35. The second-order valence-electron chi connectivity index (χ2n) is 5.15. The molecule has 0 saturated heterocycles. The maximum Gasteiger partial charge on any atom is 0.308 e. The van der Waals surface area contributed by atoms with Crippen LogP contribution in [0.1, 0.15) is 6.42 Å². The minimum absolute atomic E-state index is 0.0591. The lowest BCUT2D eigenvalue weighted by Gasteiger charge is -2.13. The second-order valence-corrected chi connectivity index (χ2v) is 5.55. The van der Waals surface area contributed by atoms with Crippen molar-refractivity contribution < 1.29 is 23.8 Å². The molecule has 0 bridgehead atoms. The van der Waals surface area contributed by atoms with Crippen molar-refractivity contribution in [3.8, 4) is 11.5 Å². The van der Waals surface area contributed by atoms with Crippen LogP contribution in [0, 0.1) is 0 Å². The number of hydrogen-bond acceptors (Lipinski definition) is 8. The fourth-order valence-electron chi connectivity index (χ4n) is 2.03. The first kappa shape index (κ1) is 20.2. The monoisotopic (exact) mass is 394 g/mol. The van der Waals surface area contributed by atoms with Crippen LogP contribution in [0.25, 0.3) is 0 Å². The molecule has 2 N–H and O–H groups in total. The van der Waals surface area contributed by atoms with Gasteiger partial charge in [-0.2, -0.15) is 0 Å². The fraction of sp³-hybridized carbons (Fsp3) is 0.294.